The number of benzene rings is 1. The fourth-order valence-electron chi connectivity index (χ4n) is 0.735. The normalized spacial score (nSPS) is 13.7. The van der Waals surface area contributed by atoms with Crippen LogP contribution in [0.2, 0.25) is 0 Å². The lowest BCUT2D eigenvalue weighted by Crippen LogP contribution is -2.25. The van der Waals surface area contributed by atoms with Gasteiger partial charge in [-0.3, -0.25) is 0 Å². The Morgan fingerprint density at radius 1 is 1.21 bits per heavy atom. The molecule has 0 fully saturated rings. The van der Waals surface area contributed by atoms with Crippen LogP contribution in [0.1, 0.15) is 0 Å². The maximum atomic E-state index is 9.31. The highest BCUT2D eigenvalue weighted by molar-refractivity contribution is 6.70. The van der Waals surface area contributed by atoms with E-state index in [4.69, 9.17) is 51.1 Å². The van der Waals surface area contributed by atoms with Crippen molar-refractivity contribution in [1.82, 2.24) is 0 Å². The van der Waals surface area contributed by atoms with Crippen LogP contribution >= 0.6 is 46.4 Å². The van der Waals surface area contributed by atoms with Crippen LogP contribution in [-0.2, 0) is 0 Å². The number of para-hydroxylation sites is 2. The van der Waals surface area contributed by atoms with Gasteiger partial charge in [-0.25, -0.2) is 0 Å². The second-order valence-electron chi connectivity index (χ2n) is 2.44. The molecular formula is C8H6Cl4O2. The zero-order chi connectivity index (χ0) is 10.8. The second-order valence-corrected chi connectivity index (χ2v) is 5.21. The minimum Gasteiger partial charge on any atom is -0.504 e. The average molecular weight is 276 g/mol. The maximum absolute atomic E-state index is 9.31. The molecular weight excluding hydrogens is 270 g/mol. The first-order chi connectivity index (χ1) is 6.41. The molecule has 1 rings (SSSR count). The minimum absolute atomic E-state index is 0.0626. The van der Waals surface area contributed by atoms with Crippen molar-refractivity contribution in [2.24, 2.45) is 0 Å². The predicted molar refractivity (Wildman–Crippen MR) is 58.7 cm³/mol. The largest absolute Gasteiger partial charge is 0.504 e. The van der Waals surface area contributed by atoms with Crippen LogP contribution in [0.25, 0.3) is 0 Å². The lowest BCUT2D eigenvalue weighted by Gasteiger charge is -2.19. The minimum atomic E-state index is -1.75. The van der Waals surface area contributed by atoms with Gasteiger partial charge in [0.2, 0.25) is 9.36 Å². The lowest BCUT2D eigenvalue weighted by atomic mass is 10.3. The van der Waals surface area contributed by atoms with Gasteiger partial charge in [0.25, 0.3) is 0 Å². The van der Waals surface area contributed by atoms with E-state index in [2.05, 4.69) is 0 Å². The summed E-state index contributed by atoms with van der Waals surface area (Å²) in [6, 6.07) is 6.26. The van der Waals surface area contributed by atoms with Crippen molar-refractivity contribution >= 4 is 46.4 Å². The van der Waals surface area contributed by atoms with E-state index >= 15 is 0 Å². The molecule has 14 heavy (non-hydrogen) atoms. The van der Waals surface area contributed by atoms with Crippen LogP contribution in [0, 0.1) is 0 Å². The zero-order valence-corrected chi connectivity index (χ0v) is 9.78. The summed E-state index contributed by atoms with van der Waals surface area (Å²) in [4.78, 5) is 0. The standard InChI is InChI=1S/C8H6Cl4O2/c9-7(8(10,11)12)14-6-4-2-1-3-5(6)13/h1-4,7,13H. The molecule has 0 amide bonds. The predicted octanol–water partition coefficient (Wildman–Crippen LogP) is 3.71. The summed E-state index contributed by atoms with van der Waals surface area (Å²) in [7, 11) is 0. The molecule has 0 bridgehead atoms. The van der Waals surface area contributed by atoms with Crippen LogP contribution in [0.3, 0.4) is 0 Å². The Balaban J connectivity index is 2.75. The molecule has 0 aromatic heterocycles. The second kappa shape index (κ2) is 4.67. The molecule has 1 atom stereocenters. The van der Waals surface area contributed by atoms with Crippen molar-refractivity contribution in [3.63, 3.8) is 0 Å². The third kappa shape index (κ3) is 3.28. The Bertz CT molecular complexity index is 310. The van der Waals surface area contributed by atoms with E-state index in [-0.39, 0.29) is 11.5 Å². The van der Waals surface area contributed by atoms with Crippen molar-refractivity contribution < 1.29 is 9.84 Å². The van der Waals surface area contributed by atoms with Gasteiger partial charge >= 0.3 is 0 Å². The van der Waals surface area contributed by atoms with Crippen LogP contribution in [0.4, 0.5) is 0 Å². The van der Waals surface area contributed by atoms with Crippen molar-refractivity contribution in [3.05, 3.63) is 24.3 Å². The van der Waals surface area contributed by atoms with Crippen molar-refractivity contribution in [3.8, 4) is 11.5 Å². The Hall–Kier alpha value is -0.0200. The quantitative estimate of drug-likeness (QED) is 0.834. The van der Waals surface area contributed by atoms with E-state index < -0.39 is 9.36 Å². The van der Waals surface area contributed by atoms with Crippen molar-refractivity contribution in [2.75, 3.05) is 0 Å². The molecule has 0 heterocycles. The monoisotopic (exact) mass is 274 g/mol. The molecule has 0 saturated heterocycles. The molecule has 78 valence electrons. The number of halogens is 4. The van der Waals surface area contributed by atoms with E-state index in [1.807, 2.05) is 0 Å². The van der Waals surface area contributed by atoms with Gasteiger partial charge in [-0.1, -0.05) is 58.5 Å². The summed E-state index contributed by atoms with van der Waals surface area (Å²) in [6.45, 7) is 0. The summed E-state index contributed by atoms with van der Waals surface area (Å²) in [6.07, 6.45) is 0. The van der Waals surface area contributed by atoms with E-state index in [0.717, 1.165) is 0 Å². The van der Waals surface area contributed by atoms with Gasteiger partial charge < -0.3 is 9.84 Å². The summed E-state index contributed by atoms with van der Waals surface area (Å²) in [5, 5.41) is 9.31. The van der Waals surface area contributed by atoms with Gasteiger partial charge in [-0.15, -0.1) is 0 Å². The lowest BCUT2D eigenvalue weighted by molar-refractivity contribution is 0.271. The van der Waals surface area contributed by atoms with E-state index in [9.17, 15) is 5.11 Å². The Morgan fingerprint density at radius 3 is 2.29 bits per heavy atom. The molecule has 0 radical (unpaired) electrons. The van der Waals surface area contributed by atoms with Gasteiger partial charge in [-0.05, 0) is 12.1 Å². The first-order valence-electron chi connectivity index (χ1n) is 3.56. The molecule has 0 aliphatic heterocycles. The van der Waals surface area contributed by atoms with Crippen LogP contribution < -0.4 is 4.74 Å². The number of phenolic OH excluding ortho intramolecular Hbond substituents is 1. The van der Waals surface area contributed by atoms with E-state index in [1.165, 1.54) is 12.1 Å². The van der Waals surface area contributed by atoms with Crippen LogP contribution in [0.5, 0.6) is 11.5 Å². The number of ether oxygens (including phenoxy) is 1. The first-order valence-corrected chi connectivity index (χ1v) is 5.13. The first kappa shape index (κ1) is 12.1. The summed E-state index contributed by atoms with van der Waals surface area (Å²) >= 11 is 22.1. The third-order valence-electron chi connectivity index (χ3n) is 1.35. The molecule has 0 aliphatic carbocycles. The smallest absolute Gasteiger partial charge is 0.241 e. The summed E-state index contributed by atoms with van der Waals surface area (Å²) in [5.41, 5.74) is -1.17. The molecule has 0 spiro atoms. The molecule has 1 N–H and O–H groups in total. The molecule has 0 aliphatic rings. The molecule has 6 heteroatoms. The fourth-order valence-corrected chi connectivity index (χ4v) is 0.965. The van der Waals surface area contributed by atoms with Crippen molar-refractivity contribution in [1.29, 1.82) is 0 Å². The highest BCUT2D eigenvalue weighted by atomic mass is 35.6. The molecule has 1 aromatic carbocycles. The number of hydrogen-bond acceptors (Lipinski definition) is 2. The topological polar surface area (TPSA) is 29.5 Å². The van der Waals surface area contributed by atoms with E-state index in [0.29, 0.717) is 0 Å². The van der Waals surface area contributed by atoms with Crippen molar-refractivity contribution in [2.45, 2.75) is 9.36 Å². The molecule has 2 nitrogen and oxygen atoms in total. The summed E-state index contributed by atoms with van der Waals surface area (Å²) < 4.78 is 3.28. The van der Waals surface area contributed by atoms with Gasteiger partial charge in [0.05, 0.1) is 0 Å². The average Bonchev–Trinajstić information content (AvgIpc) is 2.07. The molecule has 0 saturated carbocycles. The fraction of sp³-hybridized carbons (Fsp3) is 0.250. The molecule has 1 unspecified atom stereocenters. The Labute approximate surface area is 101 Å². The Kier molecular flexibility index (Phi) is 4.02. The highest BCUT2D eigenvalue weighted by Crippen LogP contribution is 2.37. The van der Waals surface area contributed by atoms with Gasteiger partial charge in [-0.2, -0.15) is 0 Å². The van der Waals surface area contributed by atoms with Crippen LogP contribution in [-0.4, -0.2) is 14.5 Å². The third-order valence-corrected chi connectivity index (χ3v) is 2.70. The van der Waals surface area contributed by atoms with Gasteiger partial charge in [0, 0.05) is 0 Å². The van der Waals surface area contributed by atoms with Gasteiger partial charge in [0.1, 0.15) is 0 Å². The highest BCUT2D eigenvalue weighted by Gasteiger charge is 2.33. The molecule has 1 aromatic rings. The number of alkyl halides is 4. The number of aromatic hydroxyl groups is 1. The number of rotatable bonds is 2. The summed E-state index contributed by atoms with van der Waals surface area (Å²) in [5.74, 6) is 0.103. The Morgan fingerprint density at radius 2 is 1.79 bits per heavy atom. The van der Waals surface area contributed by atoms with Gasteiger partial charge in [0.15, 0.2) is 11.5 Å². The van der Waals surface area contributed by atoms with Crippen LogP contribution in [0.15, 0.2) is 24.3 Å². The van der Waals surface area contributed by atoms with E-state index in [1.54, 1.807) is 12.1 Å². The SMILES string of the molecule is Oc1ccccc1OC(Cl)C(Cl)(Cl)Cl. The number of hydrogen-bond donors (Lipinski definition) is 1. The zero-order valence-electron chi connectivity index (χ0n) is 6.75. The number of phenols is 1. The maximum Gasteiger partial charge on any atom is 0.241 e.